The van der Waals surface area contributed by atoms with Gasteiger partial charge in [-0.25, -0.2) is 0 Å². The molecule has 0 saturated carbocycles. The number of benzene rings is 1. The molecule has 0 fully saturated rings. The normalized spacial score (nSPS) is 9.67. The second-order valence-electron chi connectivity index (χ2n) is 2.02. The fourth-order valence-electron chi connectivity index (χ4n) is 0.801. The first-order valence-electron chi connectivity index (χ1n) is 3.18. The molecular weight excluding hydrogens is 199 g/mol. The van der Waals surface area contributed by atoms with Crippen LogP contribution >= 0.6 is 23.2 Å². The SMILES string of the molecule is COc1[c]cc(Cl)c(OC)c1Cl. The van der Waals surface area contributed by atoms with E-state index in [9.17, 15) is 0 Å². The van der Waals surface area contributed by atoms with Gasteiger partial charge in [0, 0.05) is 6.07 Å². The van der Waals surface area contributed by atoms with Crippen molar-refractivity contribution in [2.24, 2.45) is 0 Å². The zero-order valence-electron chi connectivity index (χ0n) is 6.65. The number of rotatable bonds is 2. The predicted octanol–water partition coefficient (Wildman–Crippen LogP) is 2.81. The first kappa shape index (κ1) is 9.49. The fourth-order valence-corrected chi connectivity index (χ4v) is 1.39. The van der Waals surface area contributed by atoms with E-state index in [0.717, 1.165) is 0 Å². The topological polar surface area (TPSA) is 18.5 Å². The Morgan fingerprint density at radius 2 is 1.92 bits per heavy atom. The van der Waals surface area contributed by atoms with E-state index in [1.54, 1.807) is 6.07 Å². The highest BCUT2D eigenvalue weighted by Crippen LogP contribution is 2.38. The van der Waals surface area contributed by atoms with E-state index in [1.165, 1.54) is 14.2 Å². The molecule has 65 valence electrons. The lowest BCUT2D eigenvalue weighted by molar-refractivity contribution is 0.394. The second kappa shape index (κ2) is 3.87. The van der Waals surface area contributed by atoms with Gasteiger partial charge in [-0.3, -0.25) is 0 Å². The van der Waals surface area contributed by atoms with Crippen LogP contribution in [-0.2, 0) is 0 Å². The van der Waals surface area contributed by atoms with Crippen molar-refractivity contribution in [3.63, 3.8) is 0 Å². The Morgan fingerprint density at radius 3 is 2.42 bits per heavy atom. The third kappa shape index (κ3) is 1.59. The maximum atomic E-state index is 5.85. The van der Waals surface area contributed by atoms with Gasteiger partial charge in [-0.15, -0.1) is 0 Å². The summed E-state index contributed by atoms with van der Waals surface area (Å²) in [5, 5.41) is 0.760. The molecule has 0 heterocycles. The van der Waals surface area contributed by atoms with Crippen LogP contribution in [-0.4, -0.2) is 14.2 Å². The van der Waals surface area contributed by atoms with Crippen molar-refractivity contribution < 1.29 is 9.47 Å². The van der Waals surface area contributed by atoms with Gasteiger partial charge in [0.15, 0.2) is 5.75 Å². The average Bonchev–Trinajstić information content (AvgIpc) is 2.06. The molecule has 1 radical (unpaired) electrons. The Balaban J connectivity index is 3.24. The maximum Gasteiger partial charge on any atom is 0.159 e. The van der Waals surface area contributed by atoms with E-state index in [0.29, 0.717) is 21.5 Å². The summed E-state index contributed by atoms with van der Waals surface area (Å²) in [6, 6.07) is 4.31. The molecule has 0 aliphatic rings. The lowest BCUT2D eigenvalue weighted by Crippen LogP contribution is -1.90. The minimum Gasteiger partial charge on any atom is -0.494 e. The molecule has 1 aromatic carbocycles. The Hall–Kier alpha value is -0.600. The van der Waals surface area contributed by atoms with Crippen molar-refractivity contribution >= 4 is 23.2 Å². The van der Waals surface area contributed by atoms with E-state index in [2.05, 4.69) is 6.07 Å². The number of halogens is 2. The molecule has 4 heteroatoms. The number of hydrogen-bond donors (Lipinski definition) is 0. The zero-order chi connectivity index (χ0) is 9.14. The van der Waals surface area contributed by atoms with Gasteiger partial charge >= 0.3 is 0 Å². The number of ether oxygens (including phenoxy) is 2. The van der Waals surface area contributed by atoms with Crippen LogP contribution in [0.5, 0.6) is 11.5 Å². The zero-order valence-corrected chi connectivity index (χ0v) is 8.16. The highest BCUT2D eigenvalue weighted by atomic mass is 35.5. The molecule has 0 aromatic heterocycles. The summed E-state index contributed by atoms with van der Waals surface area (Å²) in [4.78, 5) is 0. The molecule has 1 aromatic rings. The molecule has 0 aliphatic heterocycles. The molecule has 0 bridgehead atoms. The number of hydrogen-bond acceptors (Lipinski definition) is 2. The number of methoxy groups -OCH3 is 2. The lowest BCUT2D eigenvalue weighted by atomic mass is 10.3. The summed E-state index contributed by atoms with van der Waals surface area (Å²) in [5.41, 5.74) is 0. The Labute approximate surface area is 81.0 Å². The molecule has 0 aliphatic carbocycles. The van der Waals surface area contributed by atoms with Gasteiger partial charge in [-0.2, -0.15) is 0 Å². The van der Waals surface area contributed by atoms with Crippen LogP contribution in [0.2, 0.25) is 10.0 Å². The van der Waals surface area contributed by atoms with Crippen molar-refractivity contribution in [2.75, 3.05) is 14.2 Å². The van der Waals surface area contributed by atoms with Crippen LogP contribution in [0.4, 0.5) is 0 Å². The first-order valence-corrected chi connectivity index (χ1v) is 3.94. The third-order valence-electron chi connectivity index (χ3n) is 1.35. The van der Waals surface area contributed by atoms with Crippen molar-refractivity contribution in [1.29, 1.82) is 0 Å². The summed E-state index contributed by atoms with van der Waals surface area (Å²) >= 11 is 11.6. The molecule has 0 atom stereocenters. The van der Waals surface area contributed by atoms with Gasteiger partial charge in [-0.1, -0.05) is 23.2 Å². The summed E-state index contributed by atoms with van der Waals surface area (Å²) in [5.74, 6) is 0.840. The van der Waals surface area contributed by atoms with Crippen molar-refractivity contribution in [2.45, 2.75) is 0 Å². The van der Waals surface area contributed by atoms with Gasteiger partial charge in [0.1, 0.15) is 10.8 Å². The van der Waals surface area contributed by atoms with E-state index < -0.39 is 0 Å². The van der Waals surface area contributed by atoms with E-state index in [-0.39, 0.29) is 0 Å². The molecule has 0 spiro atoms. The summed E-state index contributed by atoms with van der Waals surface area (Å²) < 4.78 is 9.87. The lowest BCUT2D eigenvalue weighted by Gasteiger charge is -2.08. The molecule has 1 rings (SSSR count). The molecule has 0 unspecified atom stereocenters. The smallest absolute Gasteiger partial charge is 0.159 e. The van der Waals surface area contributed by atoms with Crippen LogP contribution in [0.3, 0.4) is 0 Å². The quantitative estimate of drug-likeness (QED) is 0.740. The van der Waals surface area contributed by atoms with Crippen molar-refractivity contribution in [1.82, 2.24) is 0 Å². The predicted molar refractivity (Wildman–Crippen MR) is 48.4 cm³/mol. The summed E-state index contributed by atoms with van der Waals surface area (Å²) in [7, 11) is 3.00. The highest BCUT2D eigenvalue weighted by Gasteiger charge is 2.11. The maximum absolute atomic E-state index is 5.85. The van der Waals surface area contributed by atoms with Crippen LogP contribution in [0.1, 0.15) is 0 Å². The van der Waals surface area contributed by atoms with Crippen molar-refractivity contribution in [3.05, 3.63) is 22.2 Å². The van der Waals surface area contributed by atoms with E-state index in [1.807, 2.05) is 0 Å². The van der Waals surface area contributed by atoms with Crippen molar-refractivity contribution in [3.8, 4) is 11.5 Å². The Bertz CT molecular complexity index is 287. The van der Waals surface area contributed by atoms with Crippen LogP contribution in [0.25, 0.3) is 0 Å². The van der Waals surface area contributed by atoms with Gasteiger partial charge < -0.3 is 9.47 Å². The molecular formula is C8H7Cl2O2. The molecule has 0 saturated heterocycles. The minimum atomic E-state index is 0.340. The minimum absolute atomic E-state index is 0.340. The van der Waals surface area contributed by atoms with Crippen LogP contribution in [0.15, 0.2) is 6.07 Å². The highest BCUT2D eigenvalue weighted by molar-refractivity contribution is 6.38. The summed E-state index contributed by atoms with van der Waals surface area (Å²) in [6.45, 7) is 0. The van der Waals surface area contributed by atoms with E-state index >= 15 is 0 Å². The second-order valence-corrected chi connectivity index (χ2v) is 2.80. The van der Waals surface area contributed by atoms with Crippen LogP contribution in [0, 0.1) is 6.07 Å². The fraction of sp³-hybridized carbons (Fsp3) is 0.250. The Morgan fingerprint density at radius 1 is 1.25 bits per heavy atom. The average molecular weight is 206 g/mol. The Kier molecular flexibility index (Phi) is 3.06. The van der Waals surface area contributed by atoms with Gasteiger partial charge in [0.2, 0.25) is 0 Å². The summed E-state index contributed by atoms with van der Waals surface area (Å²) in [6.07, 6.45) is 0. The van der Waals surface area contributed by atoms with Gasteiger partial charge in [0.25, 0.3) is 0 Å². The van der Waals surface area contributed by atoms with Gasteiger partial charge in [-0.05, 0) is 6.07 Å². The van der Waals surface area contributed by atoms with E-state index in [4.69, 9.17) is 32.7 Å². The largest absolute Gasteiger partial charge is 0.494 e. The monoisotopic (exact) mass is 205 g/mol. The molecule has 2 nitrogen and oxygen atoms in total. The molecule has 0 N–H and O–H groups in total. The standard InChI is InChI=1S/C8H7Cl2O2/c1-11-6-4-3-5(9)8(12-2)7(6)10/h3H,1-2H3. The first-order chi connectivity index (χ1) is 5.70. The van der Waals surface area contributed by atoms with Crippen LogP contribution < -0.4 is 9.47 Å². The molecule has 0 amide bonds. The molecule has 12 heavy (non-hydrogen) atoms. The third-order valence-corrected chi connectivity index (χ3v) is 1.98. The van der Waals surface area contributed by atoms with Gasteiger partial charge in [0.05, 0.1) is 19.2 Å².